The molecule has 0 unspecified atom stereocenters. The van der Waals surface area contributed by atoms with Crippen LogP contribution in [0.15, 0.2) is 18.3 Å². The van der Waals surface area contributed by atoms with Crippen LogP contribution in [0.1, 0.15) is 12.0 Å². The van der Waals surface area contributed by atoms with E-state index in [-0.39, 0.29) is 23.3 Å². The fourth-order valence-corrected chi connectivity index (χ4v) is 4.80. The van der Waals surface area contributed by atoms with Gasteiger partial charge in [-0.05, 0) is 18.6 Å². The van der Waals surface area contributed by atoms with Gasteiger partial charge in [0.25, 0.3) is 0 Å². The van der Waals surface area contributed by atoms with E-state index in [2.05, 4.69) is 11.1 Å². The van der Waals surface area contributed by atoms with Gasteiger partial charge in [-0.15, -0.1) is 0 Å². The van der Waals surface area contributed by atoms with Gasteiger partial charge in [0.05, 0.1) is 29.1 Å². The van der Waals surface area contributed by atoms with Crippen LogP contribution in [0.5, 0.6) is 0 Å². The molecule has 1 aromatic rings. The number of rotatable bonds is 2. The lowest BCUT2D eigenvalue weighted by molar-refractivity contribution is -0.135. The van der Waals surface area contributed by atoms with Crippen molar-refractivity contribution in [1.29, 1.82) is 5.26 Å². The Labute approximate surface area is 135 Å². The van der Waals surface area contributed by atoms with Crippen LogP contribution in [0.25, 0.3) is 0 Å². The maximum atomic E-state index is 12.4. The number of hydrogen-bond donors (Lipinski definition) is 0. The second-order valence-electron chi connectivity index (χ2n) is 5.93. The molecule has 122 valence electrons. The molecule has 1 atom stereocenters. The Hall–Kier alpha value is -2.14. The molecule has 0 saturated carbocycles. The Morgan fingerprint density at radius 1 is 1.30 bits per heavy atom. The van der Waals surface area contributed by atoms with Crippen LogP contribution in [0.4, 0.5) is 5.82 Å². The number of pyridine rings is 1. The van der Waals surface area contributed by atoms with E-state index in [9.17, 15) is 13.2 Å². The van der Waals surface area contributed by atoms with Crippen LogP contribution in [-0.4, -0.2) is 61.9 Å². The van der Waals surface area contributed by atoms with Gasteiger partial charge in [0.1, 0.15) is 5.82 Å². The van der Waals surface area contributed by atoms with Crippen LogP contribution in [0.3, 0.4) is 0 Å². The van der Waals surface area contributed by atoms with Crippen molar-refractivity contribution in [3.63, 3.8) is 0 Å². The molecular weight excluding hydrogens is 316 g/mol. The summed E-state index contributed by atoms with van der Waals surface area (Å²) in [5.41, 5.74) is 0.560. The van der Waals surface area contributed by atoms with Crippen LogP contribution in [-0.2, 0) is 14.6 Å². The molecule has 3 heterocycles. The SMILES string of the molecule is N#Cc1ccnc(N2CCN(C(=O)[C@@H]3CCS(=O)(=O)C3)CC2)c1. The molecule has 2 saturated heterocycles. The summed E-state index contributed by atoms with van der Waals surface area (Å²) >= 11 is 0. The molecule has 2 aliphatic rings. The summed E-state index contributed by atoms with van der Waals surface area (Å²) in [7, 11) is -3.04. The van der Waals surface area contributed by atoms with Crippen molar-refractivity contribution >= 4 is 21.6 Å². The zero-order valence-electron chi connectivity index (χ0n) is 12.7. The van der Waals surface area contributed by atoms with E-state index in [4.69, 9.17) is 5.26 Å². The number of anilines is 1. The molecule has 0 bridgehead atoms. The van der Waals surface area contributed by atoms with Crippen molar-refractivity contribution in [2.24, 2.45) is 5.92 Å². The summed E-state index contributed by atoms with van der Waals surface area (Å²) in [4.78, 5) is 20.5. The van der Waals surface area contributed by atoms with Crippen molar-refractivity contribution in [3.8, 4) is 6.07 Å². The topological polar surface area (TPSA) is 94.4 Å². The van der Waals surface area contributed by atoms with E-state index in [1.165, 1.54) is 0 Å². The first-order valence-electron chi connectivity index (χ1n) is 7.59. The number of sulfone groups is 1. The molecule has 1 aromatic heterocycles. The average Bonchev–Trinajstić information content (AvgIpc) is 2.94. The lowest BCUT2D eigenvalue weighted by atomic mass is 10.1. The highest BCUT2D eigenvalue weighted by Crippen LogP contribution is 2.22. The van der Waals surface area contributed by atoms with E-state index in [0.717, 1.165) is 5.82 Å². The van der Waals surface area contributed by atoms with Crippen LogP contribution >= 0.6 is 0 Å². The number of hydrogen-bond acceptors (Lipinski definition) is 6. The van der Waals surface area contributed by atoms with Crippen molar-refractivity contribution in [3.05, 3.63) is 23.9 Å². The normalized spacial score (nSPS) is 23.5. The van der Waals surface area contributed by atoms with Crippen LogP contribution in [0.2, 0.25) is 0 Å². The summed E-state index contributed by atoms with van der Waals surface area (Å²) < 4.78 is 23.0. The molecule has 3 rings (SSSR count). The summed E-state index contributed by atoms with van der Waals surface area (Å²) in [5.74, 6) is 0.405. The zero-order chi connectivity index (χ0) is 16.4. The second-order valence-corrected chi connectivity index (χ2v) is 8.16. The fraction of sp³-hybridized carbons (Fsp3) is 0.533. The Balaban J connectivity index is 1.60. The van der Waals surface area contributed by atoms with Gasteiger partial charge >= 0.3 is 0 Å². The van der Waals surface area contributed by atoms with E-state index in [1.54, 1.807) is 23.2 Å². The molecule has 2 aliphatic heterocycles. The largest absolute Gasteiger partial charge is 0.353 e. The minimum absolute atomic E-state index is 0.0161. The highest BCUT2D eigenvalue weighted by molar-refractivity contribution is 7.91. The van der Waals surface area contributed by atoms with Crippen molar-refractivity contribution in [2.45, 2.75) is 6.42 Å². The van der Waals surface area contributed by atoms with Crippen molar-refractivity contribution in [2.75, 3.05) is 42.6 Å². The summed E-state index contributed by atoms with van der Waals surface area (Å²) in [5, 5.41) is 8.94. The Morgan fingerprint density at radius 2 is 2.04 bits per heavy atom. The van der Waals surface area contributed by atoms with Crippen molar-refractivity contribution in [1.82, 2.24) is 9.88 Å². The van der Waals surface area contributed by atoms with Gasteiger partial charge in [0, 0.05) is 32.4 Å². The smallest absolute Gasteiger partial charge is 0.226 e. The fourth-order valence-electron chi connectivity index (χ4n) is 3.06. The Bertz CT molecular complexity index is 748. The molecule has 1 amide bonds. The van der Waals surface area contributed by atoms with Crippen LogP contribution in [0, 0.1) is 17.2 Å². The summed E-state index contributed by atoms with van der Waals surface area (Å²) in [6.07, 6.45) is 2.04. The molecule has 2 fully saturated rings. The number of nitriles is 1. The molecule has 0 aliphatic carbocycles. The maximum Gasteiger partial charge on any atom is 0.226 e. The minimum atomic E-state index is -3.04. The van der Waals surface area contributed by atoms with Gasteiger partial charge in [0.15, 0.2) is 9.84 Å². The number of carbonyl (C=O) groups excluding carboxylic acids is 1. The number of aromatic nitrogens is 1. The predicted molar refractivity (Wildman–Crippen MR) is 84.5 cm³/mol. The lowest BCUT2D eigenvalue weighted by Gasteiger charge is -2.36. The average molecular weight is 334 g/mol. The number of piperazine rings is 1. The van der Waals surface area contributed by atoms with E-state index < -0.39 is 9.84 Å². The molecule has 0 radical (unpaired) electrons. The third kappa shape index (κ3) is 3.45. The first-order chi connectivity index (χ1) is 11.0. The van der Waals surface area contributed by atoms with E-state index >= 15 is 0 Å². The summed E-state index contributed by atoms with van der Waals surface area (Å²) in [6.45, 7) is 2.36. The molecular formula is C15H18N4O3S. The second kappa shape index (κ2) is 6.16. The number of amides is 1. The third-order valence-corrected chi connectivity index (χ3v) is 6.14. The van der Waals surface area contributed by atoms with Crippen molar-refractivity contribution < 1.29 is 13.2 Å². The highest BCUT2D eigenvalue weighted by atomic mass is 32.2. The van der Waals surface area contributed by atoms with E-state index in [1.807, 2.05) is 4.90 Å². The first-order valence-corrected chi connectivity index (χ1v) is 9.41. The molecule has 8 heteroatoms. The molecule has 0 aromatic carbocycles. The van der Waals surface area contributed by atoms with Gasteiger partial charge < -0.3 is 9.80 Å². The molecule has 23 heavy (non-hydrogen) atoms. The monoisotopic (exact) mass is 334 g/mol. The van der Waals surface area contributed by atoms with Gasteiger partial charge in [-0.2, -0.15) is 5.26 Å². The minimum Gasteiger partial charge on any atom is -0.353 e. The Morgan fingerprint density at radius 3 is 2.65 bits per heavy atom. The molecule has 7 nitrogen and oxygen atoms in total. The first kappa shape index (κ1) is 15.7. The van der Waals surface area contributed by atoms with Gasteiger partial charge in [-0.1, -0.05) is 0 Å². The Kier molecular flexibility index (Phi) is 4.22. The standard InChI is InChI=1S/C15H18N4O3S/c16-10-12-1-3-17-14(9-12)18-4-6-19(7-5-18)15(20)13-2-8-23(21,22)11-13/h1,3,9,13H,2,4-8,11H2/t13-/m1/s1. The summed E-state index contributed by atoms with van der Waals surface area (Å²) in [6, 6.07) is 5.48. The van der Waals surface area contributed by atoms with E-state index in [0.29, 0.717) is 38.2 Å². The van der Waals surface area contributed by atoms with Gasteiger partial charge in [-0.3, -0.25) is 4.79 Å². The lowest BCUT2D eigenvalue weighted by Crippen LogP contribution is -2.50. The molecule has 0 spiro atoms. The van der Waals surface area contributed by atoms with Gasteiger partial charge in [-0.25, -0.2) is 13.4 Å². The zero-order valence-corrected chi connectivity index (χ0v) is 13.5. The quantitative estimate of drug-likeness (QED) is 0.758. The van der Waals surface area contributed by atoms with Gasteiger partial charge in [0.2, 0.25) is 5.91 Å². The number of carbonyl (C=O) groups is 1. The third-order valence-electron chi connectivity index (χ3n) is 4.37. The van der Waals surface area contributed by atoms with Crippen LogP contribution < -0.4 is 4.90 Å². The predicted octanol–water partition coefficient (Wildman–Crippen LogP) is 0.0366. The highest BCUT2D eigenvalue weighted by Gasteiger charge is 2.36. The number of nitrogens with zero attached hydrogens (tertiary/aromatic N) is 4. The molecule has 0 N–H and O–H groups in total. The maximum absolute atomic E-state index is 12.4.